The van der Waals surface area contributed by atoms with Crippen molar-refractivity contribution in [1.29, 1.82) is 0 Å². The van der Waals surface area contributed by atoms with Crippen LogP contribution in [0, 0.1) is 0 Å². The van der Waals surface area contributed by atoms with E-state index in [9.17, 15) is 13.2 Å². The second-order valence-corrected chi connectivity index (χ2v) is 8.67. The first kappa shape index (κ1) is 17.8. The van der Waals surface area contributed by atoms with E-state index in [1.165, 1.54) is 6.20 Å². The van der Waals surface area contributed by atoms with Crippen LogP contribution in [0.25, 0.3) is 0 Å². The number of aromatic nitrogens is 1. The van der Waals surface area contributed by atoms with Crippen LogP contribution in [0.5, 0.6) is 5.88 Å². The molecule has 0 aromatic carbocycles. The topological polar surface area (TPSA) is 91.8 Å². The third-order valence-corrected chi connectivity index (χ3v) is 6.21. The van der Waals surface area contributed by atoms with Crippen LogP contribution in [0.2, 0.25) is 0 Å². The number of likely N-dealkylation sites (tertiary alicyclic amines) is 1. The summed E-state index contributed by atoms with van der Waals surface area (Å²) in [6.07, 6.45) is 4.42. The number of rotatable bonds is 5. The van der Waals surface area contributed by atoms with Crippen LogP contribution < -0.4 is 9.46 Å². The zero-order chi connectivity index (χ0) is 18.0. The quantitative estimate of drug-likeness (QED) is 0.851. The predicted molar refractivity (Wildman–Crippen MR) is 94.1 cm³/mol. The summed E-state index contributed by atoms with van der Waals surface area (Å²) >= 11 is 0. The average molecular weight is 368 g/mol. The second-order valence-electron chi connectivity index (χ2n) is 6.71. The summed E-state index contributed by atoms with van der Waals surface area (Å²) in [5, 5.41) is -0.265. The first-order valence-corrected chi connectivity index (χ1v) is 10.0. The first-order chi connectivity index (χ1) is 11.8. The lowest BCUT2D eigenvalue weighted by Gasteiger charge is -2.33. The number of piperidine rings is 1. The van der Waals surface area contributed by atoms with Gasteiger partial charge >= 0.3 is 6.03 Å². The Morgan fingerprint density at radius 2 is 1.92 bits per heavy atom. The standard InChI is InChI=1S/C16H24N4O4S/c1-19(2)16(21)20-9-7-13(8-10-20)24-15-6-3-12(11-17-15)18-25(22,23)14-4-5-14/h3,6,11,13-14,18H,4-5,7-10H2,1-2H3. The third-order valence-electron chi connectivity index (χ3n) is 4.34. The lowest BCUT2D eigenvalue weighted by atomic mass is 10.1. The minimum atomic E-state index is -3.27. The summed E-state index contributed by atoms with van der Waals surface area (Å²) in [5.41, 5.74) is 0.450. The molecule has 1 aromatic heterocycles. The van der Waals surface area contributed by atoms with E-state index in [1.54, 1.807) is 31.1 Å². The van der Waals surface area contributed by atoms with E-state index in [0.717, 1.165) is 25.7 Å². The molecule has 1 aliphatic heterocycles. The van der Waals surface area contributed by atoms with E-state index in [-0.39, 0.29) is 17.4 Å². The van der Waals surface area contributed by atoms with E-state index < -0.39 is 10.0 Å². The number of anilines is 1. The van der Waals surface area contributed by atoms with Crippen LogP contribution in [0.15, 0.2) is 18.3 Å². The minimum absolute atomic E-state index is 0.00715. The maximum atomic E-state index is 11.9. The van der Waals surface area contributed by atoms with Gasteiger partial charge in [-0.2, -0.15) is 0 Å². The molecule has 2 amide bonds. The summed E-state index contributed by atoms with van der Waals surface area (Å²) < 4.78 is 32.2. The van der Waals surface area contributed by atoms with Gasteiger partial charge in [-0.15, -0.1) is 0 Å². The number of hydrogen-bond acceptors (Lipinski definition) is 5. The van der Waals surface area contributed by atoms with E-state index >= 15 is 0 Å². The normalized spacial score (nSPS) is 18.7. The maximum Gasteiger partial charge on any atom is 0.319 e. The molecule has 0 spiro atoms. The number of hydrogen-bond donors (Lipinski definition) is 1. The molecule has 1 aliphatic carbocycles. The van der Waals surface area contributed by atoms with Gasteiger partial charge in [-0.1, -0.05) is 0 Å². The SMILES string of the molecule is CN(C)C(=O)N1CCC(Oc2ccc(NS(=O)(=O)C3CC3)cn2)CC1. The number of nitrogens with one attached hydrogen (secondary N) is 1. The van der Waals surface area contributed by atoms with Crippen LogP contribution in [0.3, 0.4) is 0 Å². The smallest absolute Gasteiger partial charge is 0.319 e. The van der Waals surface area contributed by atoms with Gasteiger partial charge in [0.1, 0.15) is 6.10 Å². The fourth-order valence-corrected chi connectivity index (χ4v) is 4.13. The number of carbonyl (C=O) groups excluding carboxylic acids is 1. The summed E-state index contributed by atoms with van der Waals surface area (Å²) in [4.78, 5) is 19.5. The van der Waals surface area contributed by atoms with E-state index in [2.05, 4.69) is 9.71 Å². The first-order valence-electron chi connectivity index (χ1n) is 8.46. The summed E-state index contributed by atoms with van der Waals surface area (Å²) in [6, 6.07) is 3.35. The van der Waals surface area contributed by atoms with Gasteiger partial charge in [-0.3, -0.25) is 4.72 Å². The molecule has 1 aromatic rings. The van der Waals surface area contributed by atoms with E-state index in [4.69, 9.17) is 4.74 Å². The lowest BCUT2D eigenvalue weighted by molar-refractivity contribution is 0.0983. The molecule has 3 rings (SSSR count). The zero-order valence-corrected chi connectivity index (χ0v) is 15.3. The Bertz CT molecular complexity index is 708. The Hall–Kier alpha value is -2.03. The molecular formula is C16H24N4O4S. The van der Waals surface area contributed by atoms with Crippen molar-refractivity contribution in [1.82, 2.24) is 14.8 Å². The van der Waals surface area contributed by atoms with Crippen molar-refractivity contribution in [3.8, 4) is 5.88 Å². The molecule has 25 heavy (non-hydrogen) atoms. The Balaban J connectivity index is 1.50. The van der Waals surface area contributed by atoms with Crippen molar-refractivity contribution in [2.75, 3.05) is 31.9 Å². The lowest BCUT2D eigenvalue weighted by Crippen LogP contribution is -2.46. The van der Waals surface area contributed by atoms with Gasteiger partial charge in [0.2, 0.25) is 15.9 Å². The fourth-order valence-electron chi connectivity index (χ4n) is 2.75. The minimum Gasteiger partial charge on any atom is -0.474 e. The van der Waals surface area contributed by atoms with Crippen molar-refractivity contribution >= 4 is 21.7 Å². The number of amides is 2. The van der Waals surface area contributed by atoms with Crippen molar-refractivity contribution < 1.29 is 17.9 Å². The van der Waals surface area contributed by atoms with Gasteiger partial charge < -0.3 is 14.5 Å². The van der Waals surface area contributed by atoms with E-state index in [1.807, 2.05) is 4.90 Å². The Morgan fingerprint density at radius 3 is 2.44 bits per heavy atom. The molecule has 0 bridgehead atoms. The molecule has 0 radical (unpaired) electrons. The van der Waals surface area contributed by atoms with Gasteiger partial charge in [-0.05, 0) is 18.9 Å². The zero-order valence-electron chi connectivity index (χ0n) is 14.5. The van der Waals surface area contributed by atoms with Crippen LogP contribution in [0.4, 0.5) is 10.5 Å². The van der Waals surface area contributed by atoms with Crippen LogP contribution in [-0.4, -0.2) is 67.8 Å². The number of nitrogens with zero attached hydrogens (tertiary/aromatic N) is 3. The van der Waals surface area contributed by atoms with Crippen molar-refractivity contribution in [3.05, 3.63) is 18.3 Å². The van der Waals surface area contributed by atoms with Gasteiger partial charge in [0.25, 0.3) is 0 Å². The van der Waals surface area contributed by atoms with Crippen LogP contribution in [0.1, 0.15) is 25.7 Å². The highest BCUT2D eigenvalue weighted by Crippen LogP contribution is 2.29. The Kier molecular flexibility index (Phi) is 5.03. The average Bonchev–Trinajstić information content (AvgIpc) is 3.42. The number of pyridine rings is 1. The fraction of sp³-hybridized carbons (Fsp3) is 0.625. The van der Waals surface area contributed by atoms with Gasteiger partial charge in [0.15, 0.2) is 0 Å². The van der Waals surface area contributed by atoms with Crippen molar-refractivity contribution in [2.24, 2.45) is 0 Å². The Labute approximate surface area is 148 Å². The highest BCUT2D eigenvalue weighted by molar-refractivity contribution is 7.93. The van der Waals surface area contributed by atoms with Crippen LogP contribution >= 0.6 is 0 Å². The molecule has 9 heteroatoms. The third kappa shape index (κ3) is 4.53. The summed E-state index contributed by atoms with van der Waals surface area (Å²) in [7, 11) is 0.214. The highest BCUT2D eigenvalue weighted by Gasteiger charge is 2.35. The number of carbonyl (C=O) groups is 1. The molecule has 138 valence electrons. The molecule has 0 atom stereocenters. The molecule has 1 saturated heterocycles. The largest absolute Gasteiger partial charge is 0.474 e. The van der Waals surface area contributed by atoms with Gasteiger partial charge in [0.05, 0.1) is 17.1 Å². The number of sulfonamides is 1. The Morgan fingerprint density at radius 1 is 1.24 bits per heavy atom. The molecule has 2 aliphatic rings. The molecule has 2 fully saturated rings. The second kappa shape index (κ2) is 7.07. The molecule has 1 N–H and O–H groups in total. The van der Waals surface area contributed by atoms with Crippen molar-refractivity contribution in [3.63, 3.8) is 0 Å². The van der Waals surface area contributed by atoms with Gasteiger partial charge in [-0.25, -0.2) is 18.2 Å². The summed E-state index contributed by atoms with van der Waals surface area (Å²) in [6.45, 7) is 1.31. The number of urea groups is 1. The van der Waals surface area contributed by atoms with Crippen molar-refractivity contribution in [2.45, 2.75) is 37.0 Å². The monoisotopic (exact) mass is 368 g/mol. The molecular weight excluding hydrogens is 344 g/mol. The molecule has 1 saturated carbocycles. The van der Waals surface area contributed by atoms with Gasteiger partial charge in [0, 0.05) is 46.1 Å². The van der Waals surface area contributed by atoms with Crippen LogP contribution in [-0.2, 0) is 10.0 Å². The molecule has 2 heterocycles. The number of ether oxygens (including phenoxy) is 1. The molecule has 8 nitrogen and oxygen atoms in total. The van der Waals surface area contributed by atoms with E-state index in [0.29, 0.717) is 24.7 Å². The highest BCUT2D eigenvalue weighted by atomic mass is 32.2. The predicted octanol–water partition coefficient (Wildman–Crippen LogP) is 1.51. The molecule has 0 unspecified atom stereocenters. The maximum absolute atomic E-state index is 11.9. The summed E-state index contributed by atoms with van der Waals surface area (Å²) in [5.74, 6) is 0.465.